The number of nitrogens with one attached hydrogen (secondary N) is 1. The fourth-order valence-corrected chi connectivity index (χ4v) is 2.77. The third kappa shape index (κ3) is 3.43. The molecule has 114 valence electrons. The van der Waals surface area contributed by atoms with Crippen molar-refractivity contribution in [1.82, 2.24) is 14.6 Å². The van der Waals surface area contributed by atoms with Crippen molar-refractivity contribution < 1.29 is 9.53 Å². The lowest BCUT2D eigenvalue weighted by Crippen LogP contribution is -2.14. The zero-order valence-corrected chi connectivity index (χ0v) is 13.0. The predicted molar refractivity (Wildman–Crippen MR) is 85.4 cm³/mol. The maximum Gasteiger partial charge on any atom is 0.250 e. The molecule has 2 heterocycles. The molecule has 0 radical (unpaired) electrons. The second-order valence-electron chi connectivity index (χ2n) is 4.82. The first kappa shape index (κ1) is 14.5. The van der Waals surface area contributed by atoms with E-state index in [2.05, 4.69) is 15.4 Å². The molecular formula is C15H16N4O2S. The van der Waals surface area contributed by atoms with Crippen LogP contribution in [0.2, 0.25) is 0 Å². The van der Waals surface area contributed by atoms with Gasteiger partial charge < -0.3 is 4.74 Å². The molecule has 0 atom stereocenters. The van der Waals surface area contributed by atoms with Gasteiger partial charge in [-0.3, -0.25) is 10.1 Å². The van der Waals surface area contributed by atoms with Crippen LogP contribution in [0, 0.1) is 6.92 Å². The Hall–Kier alpha value is -2.41. The Balaban J connectivity index is 1.44. The van der Waals surface area contributed by atoms with Crippen LogP contribution < -0.4 is 10.1 Å². The van der Waals surface area contributed by atoms with Gasteiger partial charge in [0.05, 0.1) is 12.3 Å². The summed E-state index contributed by atoms with van der Waals surface area (Å²) >= 11 is 1.50. The monoisotopic (exact) mass is 316 g/mol. The number of ether oxygens (including phenoxy) is 1. The van der Waals surface area contributed by atoms with Crippen molar-refractivity contribution in [2.75, 3.05) is 11.9 Å². The van der Waals surface area contributed by atoms with Gasteiger partial charge in [-0.2, -0.15) is 4.98 Å². The lowest BCUT2D eigenvalue weighted by molar-refractivity contribution is -0.116. The first-order valence-corrected chi connectivity index (χ1v) is 7.89. The minimum atomic E-state index is -0.104. The topological polar surface area (TPSA) is 68.5 Å². The zero-order valence-electron chi connectivity index (χ0n) is 12.2. The van der Waals surface area contributed by atoms with Gasteiger partial charge in [0.2, 0.25) is 16.8 Å². The summed E-state index contributed by atoms with van der Waals surface area (Å²) in [6, 6.07) is 9.55. The van der Waals surface area contributed by atoms with Gasteiger partial charge in [0, 0.05) is 11.8 Å². The molecular weight excluding hydrogens is 300 g/mol. The first-order chi connectivity index (χ1) is 10.7. The lowest BCUT2D eigenvalue weighted by Gasteiger charge is -2.05. The number of hydrogen-bond acceptors (Lipinski definition) is 5. The van der Waals surface area contributed by atoms with Crippen molar-refractivity contribution in [3.8, 4) is 5.75 Å². The summed E-state index contributed by atoms with van der Waals surface area (Å²) in [7, 11) is 0. The van der Waals surface area contributed by atoms with Gasteiger partial charge in [-0.25, -0.2) is 4.52 Å². The highest BCUT2D eigenvalue weighted by Crippen LogP contribution is 2.15. The molecule has 7 heteroatoms. The molecule has 0 aliphatic carbocycles. The molecule has 0 saturated heterocycles. The van der Waals surface area contributed by atoms with Gasteiger partial charge in [-0.15, -0.1) is 16.4 Å². The second-order valence-corrected chi connectivity index (χ2v) is 5.66. The van der Waals surface area contributed by atoms with Crippen LogP contribution in [0.5, 0.6) is 5.75 Å². The molecule has 0 fully saturated rings. The maximum absolute atomic E-state index is 11.9. The number of benzene rings is 1. The Morgan fingerprint density at radius 3 is 2.95 bits per heavy atom. The zero-order chi connectivity index (χ0) is 15.4. The third-order valence-electron chi connectivity index (χ3n) is 3.06. The Morgan fingerprint density at radius 1 is 1.36 bits per heavy atom. The molecule has 0 saturated carbocycles. The minimum absolute atomic E-state index is 0.104. The number of amides is 1. The highest BCUT2D eigenvalue weighted by Gasteiger charge is 2.10. The highest BCUT2D eigenvalue weighted by atomic mass is 32.1. The van der Waals surface area contributed by atoms with Crippen LogP contribution in [0.4, 0.5) is 5.95 Å². The van der Waals surface area contributed by atoms with Crippen molar-refractivity contribution in [1.29, 1.82) is 0 Å². The largest absolute Gasteiger partial charge is 0.494 e. The normalized spacial score (nSPS) is 10.8. The van der Waals surface area contributed by atoms with Gasteiger partial charge in [0.25, 0.3) is 0 Å². The van der Waals surface area contributed by atoms with E-state index in [0.29, 0.717) is 25.4 Å². The average Bonchev–Trinajstić information content (AvgIpc) is 3.07. The summed E-state index contributed by atoms with van der Waals surface area (Å²) in [4.78, 5) is 16.9. The summed E-state index contributed by atoms with van der Waals surface area (Å²) in [5, 5.41) is 8.93. The summed E-state index contributed by atoms with van der Waals surface area (Å²) in [6.07, 6.45) is 1.01. The number of fused-ring (bicyclic) bond motifs is 1. The summed E-state index contributed by atoms with van der Waals surface area (Å²) in [5.74, 6) is 1.06. The molecule has 0 bridgehead atoms. The van der Waals surface area contributed by atoms with Gasteiger partial charge >= 0.3 is 0 Å². The van der Waals surface area contributed by atoms with Crippen molar-refractivity contribution in [2.24, 2.45) is 0 Å². The highest BCUT2D eigenvalue weighted by molar-refractivity contribution is 7.15. The summed E-state index contributed by atoms with van der Waals surface area (Å²) < 4.78 is 7.27. The van der Waals surface area contributed by atoms with E-state index in [1.54, 1.807) is 4.52 Å². The fourth-order valence-electron chi connectivity index (χ4n) is 1.97. The van der Waals surface area contributed by atoms with Crippen LogP contribution in [-0.2, 0) is 4.79 Å². The SMILES string of the molecule is Cc1csc2nc(NC(=O)CCCOc3ccccc3)nn12. The predicted octanol–water partition coefficient (Wildman–Crippen LogP) is 2.90. The molecule has 6 nitrogen and oxygen atoms in total. The van der Waals surface area contributed by atoms with Gasteiger partial charge in [0.1, 0.15) is 5.75 Å². The molecule has 1 amide bonds. The summed E-state index contributed by atoms with van der Waals surface area (Å²) in [5.41, 5.74) is 1.00. The Labute approximate surface area is 131 Å². The standard InChI is InChI=1S/C15H16N4O2S/c1-11-10-22-15-17-14(18-19(11)15)16-13(20)8-5-9-21-12-6-3-2-4-7-12/h2-4,6-7,10H,5,8-9H2,1H3,(H,16,18,20). The van der Waals surface area contributed by atoms with Crippen LogP contribution in [0.25, 0.3) is 4.96 Å². The van der Waals surface area contributed by atoms with E-state index < -0.39 is 0 Å². The molecule has 0 aliphatic heterocycles. The van der Waals surface area contributed by atoms with E-state index in [0.717, 1.165) is 16.4 Å². The molecule has 1 aromatic carbocycles. The molecule has 0 spiro atoms. The Morgan fingerprint density at radius 2 is 2.18 bits per heavy atom. The van der Waals surface area contributed by atoms with Crippen LogP contribution >= 0.6 is 11.3 Å². The molecule has 0 unspecified atom stereocenters. The Kier molecular flexibility index (Phi) is 4.34. The number of thiazole rings is 1. The average molecular weight is 316 g/mol. The number of aryl methyl sites for hydroxylation is 1. The van der Waals surface area contributed by atoms with E-state index in [1.165, 1.54) is 11.3 Å². The quantitative estimate of drug-likeness (QED) is 0.710. The number of aromatic nitrogens is 3. The van der Waals surface area contributed by atoms with Crippen LogP contribution in [0.3, 0.4) is 0 Å². The third-order valence-corrected chi connectivity index (χ3v) is 3.99. The van der Waals surface area contributed by atoms with Crippen LogP contribution in [-0.4, -0.2) is 27.1 Å². The fraction of sp³-hybridized carbons (Fsp3) is 0.267. The number of hydrogen-bond donors (Lipinski definition) is 1. The van der Waals surface area contributed by atoms with Crippen molar-refractivity contribution in [3.05, 3.63) is 41.4 Å². The van der Waals surface area contributed by atoms with Crippen molar-refractivity contribution >= 4 is 28.2 Å². The van der Waals surface area contributed by atoms with Crippen LogP contribution in [0.1, 0.15) is 18.5 Å². The van der Waals surface area contributed by atoms with Crippen molar-refractivity contribution in [2.45, 2.75) is 19.8 Å². The molecule has 3 rings (SSSR count). The smallest absolute Gasteiger partial charge is 0.250 e. The van der Waals surface area contributed by atoms with E-state index in [-0.39, 0.29) is 5.91 Å². The van der Waals surface area contributed by atoms with Crippen LogP contribution in [0.15, 0.2) is 35.7 Å². The van der Waals surface area contributed by atoms with Gasteiger partial charge in [-0.1, -0.05) is 18.2 Å². The van der Waals surface area contributed by atoms with E-state index in [4.69, 9.17) is 4.74 Å². The van der Waals surface area contributed by atoms with E-state index >= 15 is 0 Å². The van der Waals surface area contributed by atoms with Gasteiger partial charge in [-0.05, 0) is 25.5 Å². The molecule has 3 aromatic rings. The van der Waals surface area contributed by atoms with E-state index in [1.807, 2.05) is 42.6 Å². The number of rotatable bonds is 6. The number of carbonyl (C=O) groups excluding carboxylic acids is 1. The lowest BCUT2D eigenvalue weighted by atomic mass is 10.3. The molecule has 22 heavy (non-hydrogen) atoms. The van der Waals surface area contributed by atoms with Crippen molar-refractivity contribution in [3.63, 3.8) is 0 Å². The Bertz CT molecular complexity index is 766. The second kappa shape index (κ2) is 6.57. The maximum atomic E-state index is 11.9. The number of para-hydroxylation sites is 1. The molecule has 1 N–H and O–H groups in total. The molecule has 0 aliphatic rings. The number of carbonyl (C=O) groups is 1. The number of nitrogens with zero attached hydrogens (tertiary/aromatic N) is 3. The van der Waals surface area contributed by atoms with E-state index in [9.17, 15) is 4.79 Å². The minimum Gasteiger partial charge on any atom is -0.494 e. The summed E-state index contributed by atoms with van der Waals surface area (Å²) in [6.45, 7) is 2.45. The number of anilines is 1. The van der Waals surface area contributed by atoms with Gasteiger partial charge in [0.15, 0.2) is 0 Å². The first-order valence-electron chi connectivity index (χ1n) is 7.01. The molecule has 2 aromatic heterocycles.